The predicted octanol–water partition coefficient (Wildman–Crippen LogP) is 1.15. The first kappa shape index (κ1) is 12.5. The van der Waals surface area contributed by atoms with Crippen molar-refractivity contribution in [1.29, 1.82) is 0 Å². The zero-order valence-electron chi connectivity index (χ0n) is 10.0. The van der Waals surface area contributed by atoms with Crippen LogP contribution in [-0.4, -0.2) is 42.9 Å². The summed E-state index contributed by atoms with van der Waals surface area (Å²) in [5, 5.41) is 5.34. The number of methoxy groups -OCH3 is 2. The molecule has 1 atom stereocenters. The maximum atomic E-state index is 5.26. The van der Waals surface area contributed by atoms with Crippen molar-refractivity contribution in [3.05, 3.63) is 23.5 Å². The fraction of sp³-hybridized carbons (Fsp3) is 0.545. The molecule has 0 fully saturated rings. The average Bonchev–Trinajstić information content (AvgIpc) is 2.88. The standard InChI is InChI=1S/C11H17N3O2S/c1-15-8-10(16-2)6-12-5-9-7-14-3-4-17-11(14)13-9/h3-4,7,10,12H,5-6,8H2,1-2H3. The van der Waals surface area contributed by atoms with Crippen molar-refractivity contribution in [2.75, 3.05) is 27.4 Å². The number of hydrogen-bond acceptors (Lipinski definition) is 5. The number of thiazole rings is 1. The Balaban J connectivity index is 1.80. The van der Waals surface area contributed by atoms with E-state index in [4.69, 9.17) is 9.47 Å². The zero-order chi connectivity index (χ0) is 12.1. The largest absolute Gasteiger partial charge is 0.382 e. The molecule has 1 unspecified atom stereocenters. The third-order valence-corrected chi connectivity index (χ3v) is 3.28. The van der Waals surface area contributed by atoms with Crippen LogP contribution in [0, 0.1) is 0 Å². The van der Waals surface area contributed by atoms with Crippen LogP contribution in [0.1, 0.15) is 5.69 Å². The Morgan fingerprint density at radius 2 is 2.41 bits per heavy atom. The van der Waals surface area contributed by atoms with Gasteiger partial charge in [0.05, 0.1) is 18.4 Å². The molecule has 0 aliphatic heterocycles. The lowest BCUT2D eigenvalue weighted by atomic mass is 10.3. The highest BCUT2D eigenvalue weighted by Crippen LogP contribution is 2.10. The van der Waals surface area contributed by atoms with Gasteiger partial charge in [-0.15, -0.1) is 11.3 Å². The van der Waals surface area contributed by atoms with E-state index in [1.54, 1.807) is 25.6 Å². The molecular weight excluding hydrogens is 238 g/mol. The molecule has 0 radical (unpaired) electrons. The van der Waals surface area contributed by atoms with Crippen LogP contribution in [0.4, 0.5) is 0 Å². The summed E-state index contributed by atoms with van der Waals surface area (Å²) in [4.78, 5) is 5.52. The van der Waals surface area contributed by atoms with Crippen molar-refractivity contribution in [2.45, 2.75) is 12.6 Å². The van der Waals surface area contributed by atoms with Gasteiger partial charge >= 0.3 is 0 Å². The lowest BCUT2D eigenvalue weighted by Gasteiger charge is -2.14. The minimum atomic E-state index is 0.0868. The van der Waals surface area contributed by atoms with E-state index in [9.17, 15) is 0 Å². The summed E-state index contributed by atoms with van der Waals surface area (Å²) in [6.45, 7) is 2.11. The van der Waals surface area contributed by atoms with E-state index in [2.05, 4.69) is 10.3 Å². The number of nitrogens with zero attached hydrogens (tertiary/aromatic N) is 2. The second-order valence-corrected chi connectivity index (χ2v) is 4.64. The molecule has 2 heterocycles. The fourth-order valence-electron chi connectivity index (χ4n) is 1.62. The number of imidazole rings is 1. The summed E-state index contributed by atoms with van der Waals surface area (Å²) in [6.07, 6.45) is 4.14. The molecule has 2 aromatic heterocycles. The minimum absolute atomic E-state index is 0.0868. The Labute approximate surface area is 104 Å². The predicted molar refractivity (Wildman–Crippen MR) is 67.4 cm³/mol. The molecule has 0 bridgehead atoms. The molecule has 1 N–H and O–H groups in total. The molecule has 0 aliphatic carbocycles. The van der Waals surface area contributed by atoms with E-state index in [-0.39, 0.29) is 6.10 Å². The van der Waals surface area contributed by atoms with Gasteiger partial charge in [-0.05, 0) is 0 Å². The molecule has 0 saturated carbocycles. The quantitative estimate of drug-likeness (QED) is 0.806. The van der Waals surface area contributed by atoms with Crippen LogP contribution in [0.25, 0.3) is 4.96 Å². The lowest BCUT2D eigenvalue weighted by molar-refractivity contribution is 0.0287. The van der Waals surface area contributed by atoms with E-state index in [0.717, 1.165) is 23.7 Å². The van der Waals surface area contributed by atoms with Crippen LogP contribution >= 0.6 is 11.3 Å². The Bertz CT molecular complexity index is 426. The molecule has 2 aromatic rings. The first-order valence-corrected chi connectivity index (χ1v) is 6.35. The van der Waals surface area contributed by atoms with Gasteiger partial charge < -0.3 is 14.8 Å². The maximum absolute atomic E-state index is 5.26. The van der Waals surface area contributed by atoms with Gasteiger partial charge in [0.2, 0.25) is 0 Å². The third-order valence-electron chi connectivity index (χ3n) is 2.51. The molecule has 0 spiro atoms. The van der Waals surface area contributed by atoms with Crippen LogP contribution in [0.15, 0.2) is 17.8 Å². The van der Waals surface area contributed by atoms with Crippen molar-refractivity contribution in [2.24, 2.45) is 0 Å². The summed E-state index contributed by atoms with van der Waals surface area (Å²) in [5.41, 5.74) is 1.05. The van der Waals surface area contributed by atoms with Crippen LogP contribution in [-0.2, 0) is 16.0 Å². The molecule has 0 amide bonds. The van der Waals surface area contributed by atoms with Gasteiger partial charge in [0.15, 0.2) is 4.96 Å². The van der Waals surface area contributed by atoms with Gasteiger partial charge in [-0.3, -0.25) is 4.40 Å². The van der Waals surface area contributed by atoms with E-state index < -0.39 is 0 Å². The highest BCUT2D eigenvalue weighted by Gasteiger charge is 2.07. The van der Waals surface area contributed by atoms with E-state index in [0.29, 0.717) is 6.61 Å². The van der Waals surface area contributed by atoms with Crippen LogP contribution < -0.4 is 5.32 Å². The minimum Gasteiger partial charge on any atom is -0.382 e. The number of nitrogens with one attached hydrogen (secondary N) is 1. The monoisotopic (exact) mass is 255 g/mol. The molecule has 0 aromatic carbocycles. The fourth-order valence-corrected chi connectivity index (χ4v) is 2.34. The summed E-state index contributed by atoms with van der Waals surface area (Å²) >= 11 is 1.64. The van der Waals surface area contributed by atoms with Crippen LogP contribution in [0.5, 0.6) is 0 Å². The molecule has 94 valence electrons. The Hall–Kier alpha value is -0.950. The number of aromatic nitrogens is 2. The maximum Gasteiger partial charge on any atom is 0.193 e. The molecule has 0 aliphatic rings. The van der Waals surface area contributed by atoms with Crippen LogP contribution in [0.3, 0.4) is 0 Å². The van der Waals surface area contributed by atoms with Gasteiger partial charge in [0, 0.05) is 45.1 Å². The first-order chi connectivity index (χ1) is 8.33. The zero-order valence-corrected chi connectivity index (χ0v) is 10.9. The van der Waals surface area contributed by atoms with Gasteiger partial charge in [0.25, 0.3) is 0 Å². The topological polar surface area (TPSA) is 47.8 Å². The van der Waals surface area contributed by atoms with E-state index >= 15 is 0 Å². The SMILES string of the molecule is COCC(CNCc1cn2ccsc2n1)OC. The number of rotatable bonds is 7. The second kappa shape index (κ2) is 6.11. The second-order valence-electron chi connectivity index (χ2n) is 3.77. The molecule has 6 heteroatoms. The van der Waals surface area contributed by atoms with Crippen molar-refractivity contribution in [3.8, 4) is 0 Å². The summed E-state index contributed by atoms with van der Waals surface area (Å²) in [5.74, 6) is 0. The van der Waals surface area contributed by atoms with Crippen LogP contribution in [0.2, 0.25) is 0 Å². The lowest BCUT2D eigenvalue weighted by Crippen LogP contribution is -2.31. The summed E-state index contributed by atoms with van der Waals surface area (Å²) in [7, 11) is 3.37. The Morgan fingerprint density at radius 1 is 1.53 bits per heavy atom. The average molecular weight is 255 g/mol. The molecule has 0 saturated heterocycles. The molecule has 2 rings (SSSR count). The Morgan fingerprint density at radius 3 is 3.12 bits per heavy atom. The van der Waals surface area contributed by atoms with Crippen molar-refractivity contribution >= 4 is 16.3 Å². The summed E-state index contributed by atoms with van der Waals surface area (Å²) in [6, 6.07) is 0. The third kappa shape index (κ3) is 3.26. The van der Waals surface area contributed by atoms with Gasteiger partial charge in [-0.2, -0.15) is 0 Å². The van der Waals surface area contributed by atoms with Gasteiger partial charge in [-0.25, -0.2) is 4.98 Å². The normalized spacial score (nSPS) is 13.3. The van der Waals surface area contributed by atoms with E-state index in [1.807, 2.05) is 22.2 Å². The Kier molecular flexibility index (Phi) is 4.49. The molecule has 5 nitrogen and oxygen atoms in total. The number of ether oxygens (including phenoxy) is 2. The first-order valence-electron chi connectivity index (χ1n) is 5.47. The highest BCUT2D eigenvalue weighted by atomic mass is 32.1. The molecule has 17 heavy (non-hydrogen) atoms. The number of hydrogen-bond donors (Lipinski definition) is 1. The smallest absolute Gasteiger partial charge is 0.193 e. The van der Waals surface area contributed by atoms with Gasteiger partial charge in [-0.1, -0.05) is 0 Å². The van der Waals surface area contributed by atoms with Gasteiger partial charge in [0.1, 0.15) is 0 Å². The van der Waals surface area contributed by atoms with Crippen molar-refractivity contribution in [3.63, 3.8) is 0 Å². The summed E-state index contributed by atoms with van der Waals surface area (Å²) < 4.78 is 12.3. The number of fused-ring (bicyclic) bond motifs is 1. The van der Waals surface area contributed by atoms with E-state index in [1.165, 1.54) is 0 Å². The highest BCUT2D eigenvalue weighted by molar-refractivity contribution is 7.15. The van der Waals surface area contributed by atoms with Crippen molar-refractivity contribution in [1.82, 2.24) is 14.7 Å². The van der Waals surface area contributed by atoms with Crippen molar-refractivity contribution < 1.29 is 9.47 Å². The molecular formula is C11H17N3O2S.